The van der Waals surface area contributed by atoms with Crippen LogP contribution in [0.4, 0.5) is 13.2 Å². The number of ether oxygens (including phenoxy) is 1. The van der Waals surface area contributed by atoms with E-state index in [0.717, 1.165) is 23.7 Å². The van der Waals surface area contributed by atoms with E-state index in [9.17, 15) is 21.6 Å². The minimum atomic E-state index is -4.50. The molecule has 1 aromatic heterocycles. The number of pyridine rings is 1. The van der Waals surface area contributed by atoms with Crippen molar-refractivity contribution in [2.75, 3.05) is 13.1 Å². The maximum absolute atomic E-state index is 13.1. The molecule has 152 valence electrons. The average Bonchev–Trinajstić information content (AvgIpc) is 3.16. The summed E-state index contributed by atoms with van der Waals surface area (Å²) in [7, 11) is -3.77. The van der Waals surface area contributed by atoms with Crippen LogP contribution in [-0.4, -0.2) is 36.9 Å². The van der Waals surface area contributed by atoms with Crippen molar-refractivity contribution in [2.45, 2.75) is 23.6 Å². The Morgan fingerprint density at radius 3 is 2.62 bits per heavy atom. The smallest absolute Gasteiger partial charge is 0.416 e. The number of nitrogens with zero attached hydrogens (tertiary/aromatic N) is 2. The number of hydrogen-bond donors (Lipinski definition) is 0. The van der Waals surface area contributed by atoms with Gasteiger partial charge in [0.15, 0.2) is 0 Å². The highest BCUT2D eigenvalue weighted by molar-refractivity contribution is 7.89. The number of fused-ring (bicyclic) bond motifs is 1. The highest BCUT2D eigenvalue weighted by Crippen LogP contribution is 2.32. The predicted octanol–water partition coefficient (Wildman–Crippen LogP) is 4.10. The Morgan fingerprint density at radius 1 is 1.07 bits per heavy atom. The van der Waals surface area contributed by atoms with E-state index < -0.39 is 27.9 Å². The molecule has 9 heteroatoms. The fourth-order valence-corrected chi connectivity index (χ4v) is 5.09. The van der Waals surface area contributed by atoms with Crippen molar-refractivity contribution in [3.8, 4) is 5.88 Å². The van der Waals surface area contributed by atoms with Gasteiger partial charge in [-0.05, 0) is 23.9 Å². The molecule has 0 N–H and O–H groups in total. The van der Waals surface area contributed by atoms with Crippen LogP contribution in [-0.2, 0) is 16.2 Å². The average molecular weight is 422 g/mol. The lowest BCUT2D eigenvalue weighted by atomic mass is 10.1. The topological polar surface area (TPSA) is 59.5 Å². The summed E-state index contributed by atoms with van der Waals surface area (Å²) in [6.07, 6.45) is -3.68. The zero-order valence-corrected chi connectivity index (χ0v) is 15.9. The molecule has 2 aromatic carbocycles. The summed E-state index contributed by atoms with van der Waals surface area (Å²) >= 11 is 0. The van der Waals surface area contributed by atoms with Crippen LogP contribution < -0.4 is 4.74 Å². The minimum absolute atomic E-state index is 0.0451. The molecule has 3 aromatic rings. The molecule has 1 atom stereocenters. The molecule has 0 saturated carbocycles. The number of benzene rings is 2. The third-order valence-electron chi connectivity index (χ3n) is 4.82. The van der Waals surface area contributed by atoms with Crippen LogP contribution in [0.5, 0.6) is 5.88 Å². The highest BCUT2D eigenvalue weighted by atomic mass is 32.2. The molecule has 5 nitrogen and oxygen atoms in total. The fourth-order valence-electron chi connectivity index (χ4n) is 3.39. The number of rotatable bonds is 4. The molecule has 1 aliphatic heterocycles. The third-order valence-corrected chi connectivity index (χ3v) is 6.75. The molecule has 1 fully saturated rings. The molecule has 0 bridgehead atoms. The molecule has 0 aliphatic carbocycles. The van der Waals surface area contributed by atoms with Crippen molar-refractivity contribution >= 4 is 20.8 Å². The molecular weight excluding hydrogens is 405 g/mol. The van der Waals surface area contributed by atoms with Gasteiger partial charge in [0.05, 0.1) is 17.0 Å². The zero-order chi connectivity index (χ0) is 20.6. The maximum Gasteiger partial charge on any atom is 0.416 e. The highest BCUT2D eigenvalue weighted by Gasteiger charge is 2.35. The summed E-state index contributed by atoms with van der Waals surface area (Å²) in [6.45, 7) is 0.263. The van der Waals surface area contributed by atoms with Gasteiger partial charge < -0.3 is 4.74 Å². The van der Waals surface area contributed by atoms with Gasteiger partial charge in [-0.1, -0.05) is 36.4 Å². The van der Waals surface area contributed by atoms with Crippen LogP contribution in [0.25, 0.3) is 10.8 Å². The van der Waals surface area contributed by atoms with E-state index in [1.54, 1.807) is 24.3 Å². The zero-order valence-electron chi connectivity index (χ0n) is 15.1. The van der Waals surface area contributed by atoms with Crippen LogP contribution in [0, 0.1) is 0 Å². The van der Waals surface area contributed by atoms with Crippen molar-refractivity contribution in [2.24, 2.45) is 0 Å². The van der Waals surface area contributed by atoms with E-state index in [1.807, 2.05) is 18.2 Å². The van der Waals surface area contributed by atoms with Gasteiger partial charge in [-0.3, -0.25) is 0 Å². The first-order chi connectivity index (χ1) is 13.7. The first kappa shape index (κ1) is 19.7. The molecule has 0 spiro atoms. The second-order valence-corrected chi connectivity index (χ2v) is 8.66. The first-order valence-corrected chi connectivity index (χ1v) is 10.4. The quantitative estimate of drug-likeness (QED) is 0.635. The Labute approximate surface area is 165 Å². The maximum atomic E-state index is 13.1. The van der Waals surface area contributed by atoms with Gasteiger partial charge in [0.2, 0.25) is 15.9 Å². The van der Waals surface area contributed by atoms with Crippen LogP contribution in [0.1, 0.15) is 12.0 Å². The molecular formula is C20H17F3N2O3S. The van der Waals surface area contributed by atoms with Gasteiger partial charge >= 0.3 is 6.18 Å². The summed E-state index contributed by atoms with van der Waals surface area (Å²) in [5.41, 5.74) is -0.860. The summed E-state index contributed by atoms with van der Waals surface area (Å²) in [6, 6.07) is 14.0. The number of aromatic nitrogens is 1. The number of hydrogen-bond acceptors (Lipinski definition) is 4. The Bertz CT molecular complexity index is 1140. The van der Waals surface area contributed by atoms with Crippen LogP contribution in [0.3, 0.4) is 0 Å². The van der Waals surface area contributed by atoms with Gasteiger partial charge in [-0.25, -0.2) is 13.4 Å². The summed E-state index contributed by atoms with van der Waals surface area (Å²) in [5, 5.41) is 1.44. The first-order valence-electron chi connectivity index (χ1n) is 8.93. The second kappa shape index (κ2) is 7.31. The molecule has 29 heavy (non-hydrogen) atoms. The fraction of sp³-hybridized carbons (Fsp3) is 0.250. The molecule has 0 amide bonds. The molecule has 1 unspecified atom stereocenters. The van der Waals surface area contributed by atoms with Gasteiger partial charge in [0, 0.05) is 24.2 Å². The van der Waals surface area contributed by atoms with Gasteiger partial charge in [0.25, 0.3) is 0 Å². The number of sulfonamides is 1. The lowest BCUT2D eigenvalue weighted by molar-refractivity contribution is -0.137. The Kier molecular flexibility index (Phi) is 4.95. The largest absolute Gasteiger partial charge is 0.473 e. The number of halogens is 3. The van der Waals surface area contributed by atoms with E-state index in [-0.39, 0.29) is 23.9 Å². The van der Waals surface area contributed by atoms with Crippen LogP contribution >= 0.6 is 0 Å². The second-order valence-electron chi connectivity index (χ2n) is 6.75. The minimum Gasteiger partial charge on any atom is -0.473 e. The molecule has 1 saturated heterocycles. The molecule has 0 radical (unpaired) electrons. The van der Waals surface area contributed by atoms with E-state index in [1.165, 1.54) is 4.31 Å². The summed E-state index contributed by atoms with van der Waals surface area (Å²) in [4.78, 5) is 4.01. The van der Waals surface area contributed by atoms with Crippen LogP contribution in [0.2, 0.25) is 0 Å². The monoisotopic (exact) mass is 422 g/mol. The van der Waals surface area contributed by atoms with E-state index in [0.29, 0.717) is 11.8 Å². The molecule has 4 rings (SSSR count). The third kappa shape index (κ3) is 3.92. The van der Waals surface area contributed by atoms with Crippen molar-refractivity contribution in [3.05, 3.63) is 66.4 Å². The van der Waals surface area contributed by atoms with Gasteiger partial charge in [-0.2, -0.15) is 17.5 Å². The van der Waals surface area contributed by atoms with E-state index in [4.69, 9.17) is 4.74 Å². The van der Waals surface area contributed by atoms with Crippen molar-refractivity contribution in [3.63, 3.8) is 0 Å². The van der Waals surface area contributed by atoms with Crippen molar-refractivity contribution < 1.29 is 26.3 Å². The molecule has 1 aliphatic rings. The van der Waals surface area contributed by atoms with Crippen molar-refractivity contribution in [1.29, 1.82) is 0 Å². The van der Waals surface area contributed by atoms with E-state index >= 15 is 0 Å². The lowest BCUT2D eigenvalue weighted by Crippen LogP contribution is -2.31. The Morgan fingerprint density at radius 2 is 1.83 bits per heavy atom. The van der Waals surface area contributed by atoms with Gasteiger partial charge in [0.1, 0.15) is 6.10 Å². The normalized spacial score (nSPS) is 18.2. The number of alkyl halides is 3. The molecule has 2 heterocycles. The van der Waals surface area contributed by atoms with Gasteiger partial charge in [-0.15, -0.1) is 0 Å². The van der Waals surface area contributed by atoms with Crippen molar-refractivity contribution in [1.82, 2.24) is 9.29 Å². The predicted molar refractivity (Wildman–Crippen MR) is 101 cm³/mol. The van der Waals surface area contributed by atoms with E-state index in [2.05, 4.69) is 4.98 Å². The standard InChI is InChI=1S/C20H17F3N2O3S/c21-20(22,23)15-8-10-24-19(12-15)28-16-9-11-25(13-16)29(26,27)18-7-3-5-14-4-1-2-6-17(14)18/h1-8,10,12,16H,9,11,13H2. The van der Waals surface area contributed by atoms with Crippen LogP contribution in [0.15, 0.2) is 65.7 Å². The summed E-state index contributed by atoms with van der Waals surface area (Å²) < 4.78 is 71.7. The Hall–Kier alpha value is -2.65. The SMILES string of the molecule is O=S(=O)(c1cccc2ccccc12)N1CCC(Oc2cc(C(F)(F)F)ccn2)C1. The lowest BCUT2D eigenvalue weighted by Gasteiger charge is -2.18. The Balaban J connectivity index is 1.54. The summed E-state index contributed by atoms with van der Waals surface area (Å²) in [5.74, 6) is -0.172.